The number of thiophene rings is 1. The topological polar surface area (TPSA) is 74.7 Å². The number of hydrogen-bond donors (Lipinski definition) is 1. The maximum Gasteiger partial charge on any atom is 0.307 e. The van der Waals surface area contributed by atoms with Gasteiger partial charge in [-0.15, -0.1) is 11.3 Å². The molecule has 144 valence electrons. The summed E-state index contributed by atoms with van der Waals surface area (Å²) in [5.41, 5.74) is 1.12. The minimum atomic E-state index is -2.62. The molecule has 0 spiro atoms. The largest absolute Gasteiger partial charge is 0.481 e. The third kappa shape index (κ3) is 3.81. The van der Waals surface area contributed by atoms with Crippen LogP contribution in [0.3, 0.4) is 0 Å². The second kappa shape index (κ2) is 7.51. The molecule has 0 bridgehead atoms. The molecule has 2 atom stereocenters. The van der Waals surface area contributed by atoms with Gasteiger partial charge in [0.2, 0.25) is 0 Å². The van der Waals surface area contributed by atoms with E-state index in [0.717, 1.165) is 17.4 Å². The Bertz CT molecular complexity index is 877. The van der Waals surface area contributed by atoms with Crippen molar-refractivity contribution in [1.82, 2.24) is 4.90 Å². The van der Waals surface area contributed by atoms with Crippen LogP contribution in [0.15, 0.2) is 38.6 Å². The van der Waals surface area contributed by atoms with Gasteiger partial charge in [-0.2, -0.15) is 8.78 Å². The number of rotatable bonds is 5. The first kappa shape index (κ1) is 19.7. The van der Waals surface area contributed by atoms with Gasteiger partial charge in [-0.3, -0.25) is 14.4 Å². The Hall–Kier alpha value is -2.07. The summed E-state index contributed by atoms with van der Waals surface area (Å²) in [7, 11) is 0. The van der Waals surface area contributed by atoms with E-state index < -0.39 is 42.1 Å². The molecule has 5 nitrogen and oxygen atoms in total. The highest BCUT2D eigenvalue weighted by Gasteiger charge is 2.44. The maximum atomic E-state index is 14.0. The lowest BCUT2D eigenvalue weighted by Gasteiger charge is -2.30. The summed E-state index contributed by atoms with van der Waals surface area (Å²) in [4.78, 5) is 37.1. The molecule has 3 rings (SSSR count). The Morgan fingerprint density at radius 3 is 2.78 bits per heavy atom. The van der Waals surface area contributed by atoms with E-state index in [1.54, 1.807) is 0 Å². The maximum absolute atomic E-state index is 14.0. The van der Waals surface area contributed by atoms with Gasteiger partial charge in [-0.05, 0) is 42.0 Å². The van der Waals surface area contributed by atoms with Crippen LogP contribution in [-0.2, 0) is 9.59 Å². The SMILES string of the molecule is CC1=C(CC(=O)O)C2=CC(=O)C(F)CC2N1C(=O)c1csc(SC(F)F)c1. The number of carbonyl (C=O) groups is 3. The average Bonchev–Trinajstić information content (AvgIpc) is 3.11. The van der Waals surface area contributed by atoms with Gasteiger partial charge in [0.25, 0.3) is 11.7 Å². The summed E-state index contributed by atoms with van der Waals surface area (Å²) in [6.45, 7) is 1.54. The minimum absolute atomic E-state index is 0.158. The van der Waals surface area contributed by atoms with Crippen LogP contribution in [0.1, 0.15) is 30.1 Å². The second-order valence-electron chi connectivity index (χ2n) is 6.06. The van der Waals surface area contributed by atoms with E-state index in [4.69, 9.17) is 5.11 Å². The monoisotopic (exact) mass is 417 g/mol. The first-order valence-electron chi connectivity index (χ1n) is 7.87. The lowest BCUT2D eigenvalue weighted by Crippen LogP contribution is -2.41. The van der Waals surface area contributed by atoms with Crippen molar-refractivity contribution in [2.45, 2.75) is 41.9 Å². The number of fused-ring (bicyclic) bond motifs is 1. The van der Waals surface area contributed by atoms with Crippen molar-refractivity contribution in [3.8, 4) is 0 Å². The molecule has 1 aliphatic carbocycles. The normalized spacial score (nSPS) is 22.3. The van der Waals surface area contributed by atoms with E-state index in [1.807, 2.05) is 0 Å². The molecule has 1 N–H and O–H groups in total. The van der Waals surface area contributed by atoms with Crippen LogP contribution in [0.4, 0.5) is 13.2 Å². The predicted molar refractivity (Wildman–Crippen MR) is 93.7 cm³/mol. The van der Waals surface area contributed by atoms with Crippen LogP contribution in [0.5, 0.6) is 0 Å². The number of alkyl halides is 3. The van der Waals surface area contributed by atoms with Gasteiger partial charge < -0.3 is 10.0 Å². The molecule has 1 aliphatic heterocycles. The molecule has 27 heavy (non-hydrogen) atoms. The number of carboxylic acids is 1. The van der Waals surface area contributed by atoms with Gasteiger partial charge in [0.1, 0.15) is 0 Å². The smallest absolute Gasteiger partial charge is 0.307 e. The average molecular weight is 417 g/mol. The van der Waals surface area contributed by atoms with Crippen molar-refractivity contribution >= 4 is 40.8 Å². The van der Waals surface area contributed by atoms with E-state index in [9.17, 15) is 27.6 Å². The van der Waals surface area contributed by atoms with Crippen molar-refractivity contribution < 1.29 is 32.7 Å². The van der Waals surface area contributed by atoms with Crippen LogP contribution < -0.4 is 0 Å². The molecule has 1 amide bonds. The molecule has 2 aliphatic rings. The molecule has 0 saturated carbocycles. The number of thioether (sulfide) groups is 1. The molecular formula is C17H14F3NO4S2. The first-order chi connectivity index (χ1) is 12.7. The Kier molecular flexibility index (Phi) is 5.48. The van der Waals surface area contributed by atoms with Crippen molar-refractivity contribution in [2.24, 2.45) is 0 Å². The quantitative estimate of drug-likeness (QED) is 0.736. The van der Waals surface area contributed by atoms with E-state index in [1.165, 1.54) is 23.3 Å². The Morgan fingerprint density at radius 2 is 2.15 bits per heavy atom. The van der Waals surface area contributed by atoms with Crippen molar-refractivity contribution in [3.63, 3.8) is 0 Å². The van der Waals surface area contributed by atoms with Crippen LogP contribution >= 0.6 is 23.1 Å². The predicted octanol–water partition coefficient (Wildman–Crippen LogP) is 3.87. The summed E-state index contributed by atoms with van der Waals surface area (Å²) < 4.78 is 39.2. The van der Waals surface area contributed by atoms with Crippen LogP contribution in [-0.4, -0.2) is 45.6 Å². The number of halogens is 3. The third-order valence-corrected chi connectivity index (χ3v) is 6.26. The molecule has 0 saturated heterocycles. The zero-order valence-corrected chi connectivity index (χ0v) is 15.6. The molecule has 2 unspecified atom stereocenters. The van der Waals surface area contributed by atoms with Crippen LogP contribution in [0.2, 0.25) is 0 Å². The fourth-order valence-corrected chi connectivity index (χ4v) is 4.85. The number of allylic oxidation sites excluding steroid dienone is 2. The zero-order chi connectivity index (χ0) is 19.9. The molecular weight excluding hydrogens is 403 g/mol. The lowest BCUT2D eigenvalue weighted by molar-refractivity contribution is -0.136. The molecule has 1 aromatic heterocycles. The first-order valence-corrected chi connectivity index (χ1v) is 9.63. The molecule has 0 radical (unpaired) electrons. The third-order valence-electron chi connectivity index (χ3n) is 4.43. The molecule has 10 heteroatoms. The number of aliphatic carboxylic acids is 1. The van der Waals surface area contributed by atoms with Crippen molar-refractivity contribution in [1.29, 1.82) is 0 Å². The summed E-state index contributed by atoms with van der Waals surface area (Å²) in [6, 6.07) is 0.544. The summed E-state index contributed by atoms with van der Waals surface area (Å²) >= 11 is 1.31. The Morgan fingerprint density at radius 1 is 1.44 bits per heavy atom. The standard InChI is InChI=1S/C17H14F3NO4S2/c1-7-9(4-14(23)24)10-3-13(22)11(18)5-12(10)21(7)16(25)8-2-15(26-6-8)27-17(19)20/h2-3,6,11-12,17H,4-5H2,1H3,(H,23,24). The lowest BCUT2D eigenvalue weighted by atomic mass is 9.88. The van der Waals surface area contributed by atoms with E-state index in [0.29, 0.717) is 28.6 Å². The fourth-order valence-electron chi connectivity index (χ4n) is 3.29. The number of carboxylic acid groups (broad SMARTS) is 1. The highest BCUT2D eigenvalue weighted by molar-refractivity contribution is 8.01. The van der Waals surface area contributed by atoms with Gasteiger partial charge in [0, 0.05) is 17.5 Å². The summed E-state index contributed by atoms with van der Waals surface area (Å²) in [5.74, 6) is -5.05. The fraction of sp³-hybridized carbons (Fsp3) is 0.353. The van der Waals surface area contributed by atoms with E-state index in [-0.39, 0.29) is 16.2 Å². The molecule has 2 heterocycles. The van der Waals surface area contributed by atoms with E-state index >= 15 is 0 Å². The van der Waals surface area contributed by atoms with Gasteiger partial charge in [0.15, 0.2) is 12.0 Å². The van der Waals surface area contributed by atoms with Gasteiger partial charge in [-0.1, -0.05) is 0 Å². The number of hydrogen-bond acceptors (Lipinski definition) is 5. The van der Waals surface area contributed by atoms with Crippen LogP contribution in [0, 0.1) is 0 Å². The molecule has 0 aromatic carbocycles. The van der Waals surface area contributed by atoms with Gasteiger partial charge in [-0.25, -0.2) is 4.39 Å². The second-order valence-corrected chi connectivity index (χ2v) is 8.27. The highest BCUT2D eigenvalue weighted by atomic mass is 32.2. The Labute approximate surface area is 160 Å². The highest BCUT2D eigenvalue weighted by Crippen LogP contribution is 2.42. The summed E-state index contributed by atoms with van der Waals surface area (Å²) in [6.07, 6.45) is -1.38. The van der Waals surface area contributed by atoms with Crippen molar-refractivity contribution in [2.75, 3.05) is 0 Å². The van der Waals surface area contributed by atoms with Gasteiger partial charge in [0.05, 0.1) is 22.2 Å². The van der Waals surface area contributed by atoms with Crippen LogP contribution in [0.25, 0.3) is 0 Å². The van der Waals surface area contributed by atoms with E-state index in [2.05, 4.69) is 0 Å². The number of amides is 1. The summed E-state index contributed by atoms with van der Waals surface area (Å²) in [5, 5.41) is 10.6. The minimum Gasteiger partial charge on any atom is -0.481 e. The Balaban J connectivity index is 1.97. The van der Waals surface area contributed by atoms with Crippen molar-refractivity contribution in [3.05, 3.63) is 39.9 Å². The zero-order valence-electron chi connectivity index (χ0n) is 13.9. The number of ketones is 1. The molecule has 1 aromatic rings. The number of nitrogens with zero attached hydrogens (tertiary/aromatic N) is 1. The number of carbonyl (C=O) groups excluding carboxylic acids is 2. The molecule has 0 fully saturated rings. The van der Waals surface area contributed by atoms with Gasteiger partial charge >= 0.3 is 5.97 Å².